The van der Waals surface area contributed by atoms with Crippen LogP contribution in [0.5, 0.6) is 0 Å². The van der Waals surface area contributed by atoms with Gasteiger partial charge in [-0.05, 0) is 12.1 Å². The van der Waals surface area contributed by atoms with Crippen molar-refractivity contribution >= 4 is 43.6 Å². The van der Waals surface area contributed by atoms with E-state index in [0.717, 1.165) is 43.6 Å². The van der Waals surface area contributed by atoms with Crippen molar-refractivity contribution in [3.63, 3.8) is 0 Å². The van der Waals surface area contributed by atoms with Gasteiger partial charge in [-0.1, -0.05) is 48.5 Å². The maximum Gasteiger partial charge on any atom is 0.188 e. The number of methoxy groups -OCH3 is 2. The molecule has 164 valence electrons. The summed E-state index contributed by atoms with van der Waals surface area (Å²) in [6.45, 7) is 0. The van der Waals surface area contributed by atoms with Gasteiger partial charge in [-0.25, -0.2) is 0 Å². The van der Waals surface area contributed by atoms with E-state index in [1.54, 1.807) is 0 Å². The van der Waals surface area contributed by atoms with Crippen LogP contribution in [0.4, 0.5) is 0 Å². The third kappa shape index (κ3) is 2.60. The van der Waals surface area contributed by atoms with E-state index in [9.17, 15) is 10.2 Å². The normalized spacial score (nSPS) is 26.6. The maximum atomic E-state index is 11.1. The second kappa shape index (κ2) is 7.30. The summed E-state index contributed by atoms with van der Waals surface area (Å²) in [4.78, 5) is 3.56. The molecule has 1 unspecified atom stereocenters. The number of benzene rings is 3. The largest absolute Gasteiger partial charge is 0.387 e. The molecule has 3 N–H and O–H groups in total. The van der Waals surface area contributed by atoms with Crippen LogP contribution in [-0.2, 0) is 14.2 Å². The molecule has 0 spiro atoms. The Morgan fingerprint density at radius 3 is 2.31 bits per heavy atom. The monoisotopic (exact) mass is 432 g/mol. The number of aliphatic hydroxyl groups is 2. The number of hydrogen-bond acceptors (Lipinski definition) is 5. The molecule has 5 aromatic rings. The van der Waals surface area contributed by atoms with Crippen molar-refractivity contribution in [2.75, 3.05) is 14.2 Å². The van der Waals surface area contributed by atoms with Crippen LogP contribution in [0.25, 0.3) is 43.6 Å². The Morgan fingerprint density at radius 1 is 0.812 bits per heavy atom. The molecule has 6 rings (SSSR count). The molecule has 5 atom stereocenters. The molecule has 0 aliphatic carbocycles. The number of nitrogens with zero attached hydrogens (tertiary/aromatic N) is 1. The maximum absolute atomic E-state index is 11.1. The third-order valence-corrected chi connectivity index (χ3v) is 6.63. The van der Waals surface area contributed by atoms with Crippen molar-refractivity contribution in [3.05, 3.63) is 60.7 Å². The van der Waals surface area contributed by atoms with Crippen LogP contribution in [0, 0.1) is 0 Å². The summed E-state index contributed by atoms with van der Waals surface area (Å²) < 4.78 is 19.0. The minimum atomic E-state index is -1.22. The summed E-state index contributed by atoms with van der Waals surface area (Å²) in [6, 6.07) is 20.4. The van der Waals surface area contributed by atoms with E-state index in [1.165, 1.54) is 14.2 Å². The smallest absolute Gasteiger partial charge is 0.188 e. The van der Waals surface area contributed by atoms with E-state index in [-0.39, 0.29) is 0 Å². The van der Waals surface area contributed by atoms with Gasteiger partial charge in [0.2, 0.25) is 0 Å². The standard InChI is InChI=1S/C25H24N2O5/c1-30-23-21(28)22(29)24(32-25(23)31-2)27-18-10-6-4-8-14(18)16-12-11-15-13-7-3-5-9-17(13)26-19(15)20(16)27/h3-12,21-26,28-29H,1-2H3/t21-,22-,23-,24?,25+/m0/s1. The average molecular weight is 432 g/mol. The van der Waals surface area contributed by atoms with Crippen LogP contribution >= 0.6 is 0 Å². The van der Waals surface area contributed by atoms with E-state index in [1.807, 2.05) is 41.0 Å². The highest BCUT2D eigenvalue weighted by Gasteiger charge is 2.46. The van der Waals surface area contributed by atoms with Crippen LogP contribution in [0.3, 0.4) is 0 Å². The fourth-order valence-electron chi connectivity index (χ4n) is 5.14. The highest BCUT2D eigenvalue weighted by atomic mass is 16.7. The molecule has 7 nitrogen and oxygen atoms in total. The van der Waals surface area contributed by atoms with Crippen LogP contribution in [0.1, 0.15) is 6.23 Å². The SMILES string of the molecule is CO[C@@H]1OC(n2c3ccccc3c3ccc4c5ccccc5[nH]c4c32)[C@@H](O)[C@H](O)[C@@H]1OC. The van der Waals surface area contributed by atoms with Gasteiger partial charge < -0.3 is 34.0 Å². The molecule has 0 saturated carbocycles. The zero-order valence-electron chi connectivity index (χ0n) is 17.7. The lowest BCUT2D eigenvalue weighted by atomic mass is 10.0. The molecule has 2 aromatic heterocycles. The van der Waals surface area contributed by atoms with E-state index in [0.29, 0.717) is 0 Å². The summed E-state index contributed by atoms with van der Waals surface area (Å²) in [6.07, 6.45) is -4.90. The van der Waals surface area contributed by atoms with Crippen LogP contribution in [-0.4, -0.2) is 58.6 Å². The summed E-state index contributed by atoms with van der Waals surface area (Å²) in [7, 11) is 2.96. The number of rotatable bonds is 3. The van der Waals surface area contributed by atoms with E-state index in [2.05, 4.69) is 29.2 Å². The summed E-state index contributed by atoms with van der Waals surface area (Å²) in [5.41, 5.74) is 3.79. The molecule has 1 fully saturated rings. The van der Waals surface area contributed by atoms with E-state index < -0.39 is 30.8 Å². The molecule has 1 saturated heterocycles. The first kappa shape index (κ1) is 19.7. The van der Waals surface area contributed by atoms with Gasteiger partial charge in [0, 0.05) is 41.3 Å². The van der Waals surface area contributed by atoms with Crippen molar-refractivity contribution in [1.29, 1.82) is 0 Å². The third-order valence-electron chi connectivity index (χ3n) is 6.63. The molecular weight excluding hydrogens is 408 g/mol. The number of para-hydroxylation sites is 2. The van der Waals surface area contributed by atoms with Crippen LogP contribution < -0.4 is 0 Å². The van der Waals surface area contributed by atoms with Crippen molar-refractivity contribution in [1.82, 2.24) is 9.55 Å². The Balaban J connectivity index is 1.69. The molecule has 1 aliphatic rings. The molecule has 0 amide bonds. The first-order valence-electron chi connectivity index (χ1n) is 10.6. The van der Waals surface area contributed by atoms with Gasteiger partial charge in [0.15, 0.2) is 12.5 Å². The zero-order chi connectivity index (χ0) is 22.0. The van der Waals surface area contributed by atoms with Gasteiger partial charge in [-0.3, -0.25) is 0 Å². The molecule has 7 heteroatoms. The summed E-state index contributed by atoms with van der Waals surface area (Å²) in [5.74, 6) is 0. The number of hydrogen-bond donors (Lipinski definition) is 3. The number of ether oxygens (including phenoxy) is 3. The van der Waals surface area contributed by atoms with E-state index in [4.69, 9.17) is 14.2 Å². The Morgan fingerprint density at radius 2 is 1.53 bits per heavy atom. The summed E-state index contributed by atoms with van der Waals surface area (Å²) in [5, 5.41) is 26.2. The number of nitrogens with one attached hydrogen (secondary N) is 1. The van der Waals surface area contributed by atoms with Gasteiger partial charge in [-0.2, -0.15) is 0 Å². The van der Waals surface area contributed by atoms with Crippen molar-refractivity contribution in [2.45, 2.75) is 30.8 Å². The first-order valence-corrected chi connectivity index (χ1v) is 10.6. The predicted octanol–water partition coefficient (Wildman–Crippen LogP) is 3.67. The Hall–Kier alpha value is -2.94. The number of aromatic nitrogens is 2. The number of H-pyrrole nitrogens is 1. The van der Waals surface area contributed by atoms with Crippen LogP contribution in [0.15, 0.2) is 60.7 Å². The second-order valence-corrected chi connectivity index (χ2v) is 8.25. The lowest BCUT2D eigenvalue weighted by Gasteiger charge is -2.42. The predicted molar refractivity (Wildman–Crippen MR) is 123 cm³/mol. The fraction of sp³-hybridized carbons (Fsp3) is 0.280. The molecule has 0 bridgehead atoms. The van der Waals surface area contributed by atoms with Gasteiger partial charge in [-0.15, -0.1) is 0 Å². The first-order chi connectivity index (χ1) is 15.6. The van der Waals surface area contributed by atoms with Gasteiger partial charge in [0.25, 0.3) is 0 Å². The molecule has 32 heavy (non-hydrogen) atoms. The molecular formula is C25H24N2O5. The molecule has 0 radical (unpaired) electrons. The lowest BCUT2D eigenvalue weighted by Crippen LogP contribution is -2.56. The highest BCUT2D eigenvalue weighted by molar-refractivity contribution is 6.22. The number of fused-ring (bicyclic) bond motifs is 7. The summed E-state index contributed by atoms with van der Waals surface area (Å²) >= 11 is 0. The van der Waals surface area contributed by atoms with Crippen molar-refractivity contribution in [2.24, 2.45) is 0 Å². The average Bonchev–Trinajstić information content (AvgIpc) is 3.36. The van der Waals surface area contributed by atoms with Crippen molar-refractivity contribution in [3.8, 4) is 0 Å². The lowest BCUT2D eigenvalue weighted by molar-refractivity contribution is -0.311. The molecule has 3 heterocycles. The molecule has 1 aliphatic heterocycles. The van der Waals surface area contributed by atoms with Crippen molar-refractivity contribution < 1.29 is 24.4 Å². The Bertz CT molecular complexity index is 1450. The van der Waals surface area contributed by atoms with Crippen LogP contribution in [0.2, 0.25) is 0 Å². The van der Waals surface area contributed by atoms with Gasteiger partial charge in [0.05, 0.1) is 16.6 Å². The number of aromatic amines is 1. The quantitative estimate of drug-likeness (QED) is 0.405. The minimum absolute atomic E-state index is 0.799. The highest BCUT2D eigenvalue weighted by Crippen LogP contribution is 2.41. The zero-order valence-corrected chi connectivity index (χ0v) is 17.7. The Kier molecular flexibility index (Phi) is 4.50. The minimum Gasteiger partial charge on any atom is -0.387 e. The molecule has 3 aromatic carbocycles. The number of aliphatic hydroxyl groups excluding tert-OH is 2. The van der Waals surface area contributed by atoms with Gasteiger partial charge >= 0.3 is 0 Å². The Labute approximate surface area is 183 Å². The topological polar surface area (TPSA) is 88.9 Å². The fourth-order valence-corrected chi connectivity index (χ4v) is 5.14. The second-order valence-electron chi connectivity index (χ2n) is 8.25. The van der Waals surface area contributed by atoms with Gasteiger partial charge in [0.1, 0.15) is 18.3 Å². The van der Waals surface area contributed by atoms with E-state index >= 15 is 0 Å².